The second-order valence-corrected chi connectivity index (χ2v) is 3.13. The summed E-state index contributed by atoms with van der Waals surface area (Å²) in [6.45, 7) is 5.00. The van der Waals surface area contributed by atoms with E-state index < -0.39 is 5.97 Å². The predicted octanol–water partition coefficient (Wildman–Crippen LogP) is 1.23. The summed E-state index contributed by atoms with van der Waals surface area (Å²) < 4.78 is 4.91. The molecule has 1 aliphatic rings. The molecule has 0 aromatic carbocycles. The minimum atomic E-state index is -0.473. The number of hydrogen-bond acceptors (Lipinski definition) is 3. The molecule has 0 fully saturated rings. The number of hydrogen-bond donors (Lipinski definition) is 0. The fourth-order valence-electron chi connectivity index (χ4n) is 1.44. The molecule has 0 aliphatic carbocycles. The molecule has 0 aromatic heterocycles. The molecule has 12 heavy (non-hydrogen) atoms. The highest BCUT2D eigenvalue weighted by Gasteiger charge is 2.26. The van der Waals surface area contributed by atoms with Crippen LogP contribution in [0.1, 0.15) is 27.2 Å². The van der Waals surface area contributed by atoms with Gasteiger partial charge >= 0.3 is 5.97 Å². The highest BCUT2D eigenvalue weighted by Crippen LogP contribution is 2.21. The Morgan fingerprint density at radius 3 is 2.58 bits per heavy atom. The smallest absolute Gasteiger partial charge is 0.341 e. The van der Waals surface area contributed by atoms with Crippen LogP contribution in [0.4, 0.5) is 0 Å². The fraction of sp³-hybridized carbons (Fsp3) is 0.556. The van der Waals surface area contributed by atoms with Crippen LogP contribution in [0, 0.1) is 0 Å². The molecule has 3 nitrogen and oxygen atoms in total. The van der Waals surface area contributed by atoms with Crippen molar-refractivity contribution < 1.29 is 14.3 Å². The number of Topliss-reactive ketones (excluding diaryl/α,β-unsaturated/α-hetero) is 1. The summed E-state index contributed by atoms with van der Waals surface area (Å²) in [5.74, 6) is -0.678. The van der Waals surface area contributed by atoms with Gasteiger partial charge in [0.1, 0.15) is 11.7 Å². The molecule has 1 aliphatic heterocycles. The van der Waals surface area contributed by atoms with Crippen LogP contribution in [0.25, 0.3) is 0 Å². The molecule has 3 heteroatoms. The molecule has 66 valence electrons. The van der Waals surface area contributed by atoms with Gasteiger partial charge in [0.05, 0.1) is 0 Å². The highest BCUT2D eigenvalue weighted by molar-refractivity contribution is 6.17. The lowest BCUT2D eigenvalue weighted by Crippen LogP contribution is -2.26. The molecule has 0 saturated heterocycles. The van der Waals surface area contributed by atoms with Crippen molar-refractivity contribution in [2.75, 3.05) is 0 Å². The molecule has 0 N–H and O–H groups in total. The van der Waals surface area contributed by atoms with Crippen LogP contribution in [0.15, 0.2) is 11.1 Å². The van der Waals surface area contributed by atoms with E-state index in [0.717, 1.165) is 5.57 Å². The topological polar surface area (TPSA) is 43.4 Å². The van der Waals surface area contributed by atoms with Gasteiger partial charge in [0.15, 0.2) is 5.78 Å². The van der Waals surface area contributed by atoms with Crippen molar-refractivity contribution in [2.45, 2.75) is 33.3 Å². The summed E-state index contributed by atoms with van der Waals surface area (Å²) in [4.78, 5) is 22.1. The van der Waals surface area contributed by atoms with E-state index in [0.29, 0.717) is 6.42 Å². The third-order valence-electron chi connectivity index (χ3n) is 1.88. The van der Waals surface area contributed by atoms with Gasteiger partial charge in [-0.1, -0.05) is 5.57 Å². The minimum absolute atomic E-state index is 0.0967. The van der Waals surface area contributed by atoms with Crippen molar-refractivity contribution in [1.29, 1.82) is 0 Å². The lowest BCUT2D eigenvalue weighted by molar-refractivity contribution is -0.146. The summed E-state index contributed by atoms with van der Waals surface area (Å²) in [6, 6.07) is 0. The summed E-state index contributed by atoms with van der Waals surface area (Å²) in [5.41, 5.74) is 1.07. The zero-order valence-electron chi connectivity index (χ0n) is 7.51. The second-order valence-electron chi connectivity index (χ2n) is 3.13. The summed E-state index contributed by atoms with van der Waals surface area (Å²) >= 11 is 0. The third kappa shape index (κ3) is 1.55. The maximum Gasteiger partial charge on any atom is 0.341 e. The van der Waals surface area contributed by atoms with Crippen LogP contribution in [-0.4, -0.2) is 17.9 Å². The largest absolute Gasteiger partial charge is 0.459 e. The quantitative estimate of drug-likeness (QED) is 0.437. The fourth-order valence-corrected chi connectivity index (χ4v) is 1.44. The van der Waals surface area contributed by atoms with Crippen LogP contribution in [0.3, 0.4) is 0 Å². The third-order valence-corrected chi connectivity index (χ3v) is 1.88. The van der Waals surface area contributed by atoms with Crippen molar-refractivity contribution in [3.63, 3.8) is 0 Å². The van der Waals surface area contributed by atoms with Gasteiger partial charge in [0, 0.05) is 6.42 Å². The van der Waals surface area contributed by atoms with Crippen LogP contribution >= 0.6 is 0 Å². The Labute approximate surface area is 71.4 Å². The van der Waals surface area contributed by atoms with Gasteiger partial charge in [-0.3, -0.25) is 4.79 Å². The van der Waals surface area contributed by atoms with Gasteiger partial charge in [-0.25, -0.2) is 4.79 Å². The first-order chi connectivity index (χ1) is 5.52. The Morgan fingerprint density at radius 2 is 2.17 bits per heavy atom. The standard InChI is InChI=1S/C9H12O3/c1-5-4-6(2)12-9(11)8(5)7(3)10/h6H,4H2,1-3H3/t6-/m0/s1. The van der Waals surface area contributed by atoms with E-state index in [-0.39, 0.29) is 17.5 Å². The predicted molar refractivity (Wildman–Crippen MR) is 43.6 cm³/mol. The Balaban J connectivity index is 3.01. The van der Waals surface area contributed by atoms with E-state index in [4.69, 9.17) is 4.74 Å². The van der Waals surface area contributed by atoms with E-state index in [1.54, 1.807) is 6.92 Å². The monoisotopic (exact) mass is 168 g/mol. The Bertz CT molecular complexity index is 263. The summed E-state index contributed by atoms with van der Waals surface area (Å²) in [6.07, 6.45) is 0.571. The average molecular weight is 168 g/mol. The van der Waals surface area contributed by atoms with Crippen LogP contribution in [-0.2, 0) is 14.3 Å². The highest BCUT2D eigenvalue weighted by atomic mass is 16.5. The Hall–Kier alpha value is -1.12. The molecular weight excluding hydrogens is 156 g/mol. The van der Waals surface area contributed by atoms with Crippen molar-refractivity contribution in [3.8, 4) is 0 Å². The van der Waals surface area contributed by atoms with Crippen LogP contribution in [0.2, 0.25) is 0 Å². The van der Waals surface area contributed by atoms with Gasteiger partial charge < -0.3 is 4.74 Å². The molecule has 0 aromatic rings. The molecule has 0 bridgehead atoms. The van der Waals surface area contributed by atoms with Gasteiger partial charge in [0.2, 0.25) is 0 Å². The van der Waals surface area contributed by atoms with E-state index >= 15 is 0 Å². The number of ketones is 1. The number of carbonyl (C=O) groups is 2. The van der Waals surface area contributed by atoms with E-state index in [9.17, 15) is 9.59 Å². The maximum atomic E-state index is 11.2. The van der Waals surface area contributed by atoms with E-state index in [1.165, 1.54) is 6.92 Å². The first-order valence-electron chi connectivity index (χ1n) is 3.94. The Morgan fingerprint density at radius 1 is 1.58 bits per heavy atom. The van der Waals surface area contributed by atoms with E-state index in [2.05, 4.69) is 0 Å². The van der Waals surface area contributed by atoms with Crippen molar-refractivity contribution in [3.05, 3.63) is 11.1 Å². The first-order valence-corrected chi connectivity index (χ1v) is 3.94. The molecule has 0 spiro atoms. The maximum absolute atomic E-state index is 11.2. The molecular formula is C9H12O3. The minimum Gasteiger partial charge on any atom is -0.459 e. The molecule has 0 radical (unpaired) electrons. The van der Waals surface area contributed by atoms with Crippen LogP contribution in [0.5, 0.6) is 0 Å². The zero-order chi connectivity index (χ0) is 9.30. The number of rotatable bonds is 1. The zero-order valence-corrected chi connectivity index (χ0v) is 7.51. The molecule has 0 amide bonds. The molecule has 1 atom stereocenters. The average Bonchev–Trinajstić information content (AvgIpc) is 1.82. The Kier molecular flexibility index (Phi) is 2.31. The normalized spacial score (nSPS) is 23.9. The second kappa shape index (κ2) is 3.09. The van der Waals surface area contributed by atoms with Crippen LogP contribution < -0.4 is 0 Å². The SMILES string of the molecule is CC(=O)C1=C(C)C[C@H](C)OC1=O. The van der Waals surface area contributed by atoms with Crippen molar-refractivity contribution >= 4 is 11.8 Å². The molecule has 0 saturated carbocycles. The number of ether oxygens (including phenoxy) is 1. The van der Waals surface area contributed by atoms with Gasteiger partial charge in [-0.05, 0) is 20.8 Å². The first kappa shape index (κ1) is 8.97. The molecule has 0 unspecified atom stereocenters. The molecule has 1 rings (SSSR count). The van der Waals surface area contributed by atoms with E-state index in [1.807, 2.05) is 6.92 Å². The summed E-state index contributed by atoms with van der Waals surface area (Å²) in [7, 11) is 0. The lowest BCUT2D eigenvalue weighted by Gasteiger charge is -2.21. The van der Waals surface area contributed by atoms with Crippen molar-refractivity contribution in [2.24, 2.45) is 0 Å². The van der Waals surface area contributed by atoms with Gasteiger partial charge in [0.25, 0.3) is 0 Å². The number of carbonyl (C=O) groups excluding carboxylic acids is 2. The number of cyclic esters (lactones) is 1. The number of esters is 1. The molecule has 1 heterocycles. The summed E-state index contributed by atoms with van der Waals surface area (Å²) in [5, 5.41) is 0. The van der Waals surface area contributed by atoms with Gasteiger partial charge in [-0.15, -0.1) is 0 Å². The van der Waals surface area contributed by atoms with Gasteiger partial charge in [-0.2, -0.15) is 0 Å². The lowest BCUT2D eigenvalue weighted by atomic mass is 9.99. The van der Waals surface area contributed by atoms with Crippen molar-refractivity contribution in [1.82, 2.24) is 0 Å².